The summed E-state index contributed by atoms with van der Waals surface area (Å²) in [6, 6.07) is 0.133. The molecule has 2 unspecified atom stereocenters. The lowest BCUT2D eigenvalue weighted by atomic mass is 9.98. The van der Waals surface area contributed by atoms with Crippen molar-refractivity contribution in [2.45, 2.75) is 50.7 Å². The van der Waals surface area contributed by atoms with Crippen LogP contribution in [0.5, 0.6) is 0 Å². The number of carboxylic acids is 1. The SMILES string of the molecule is COC1CCN(C(=O)N2CCCCC2CCC(=O)O)C1. The largest absolute Gasteiger partial charge is 0.481 e. The lowest BCUT2D eigenvalue weighted by molar-refractivity contribution is -0.137. The molecule has 0 radical (unpaired) electrons. The second-order valence-corrected chi connectivity index (χ2v) is 5.65. The Kier molecular flexibility index (Phi) is 5.23. The van der Waals surface area contributed by atoms with Crippen molar-refractivity contribution in [1.82, 2.24) is 9.80 Å². The molecule has 2 fully saturated rings. The summed E-state index contributed by atoms with van der Waals surface area (Å²) >= 11 is 0. The van der Waals surface area contributed by atoms with E-state index in [1.807, 2.05) is 9.80 Å². The number of nitrogens with zero attached hydrogens (tertiary/aromatic N) is 2. The van der Waals surface area contributed by atoms with Crippen molar-refractivity contribution in [2.75, 3.05) is 26.7 Å². The molecular weight excluding hydrogens is 260 g/mol. The van der Waals surface area contributed by atoms with E-state index in [4.69, 9.17) is 9.84 Å². The van der Waals surface area contributed by atoms with Crippen molar-refractivity contribution in [2.24, 2.45) is 0 Å². The first kappa shape index (κ1) is 15.1. The summed E-state index contributed by atoms with van der Waals surface area (Å²) in [7, 11) is 1.68. The molecule has 20 heavy (non-hydrogen) atoms. The van der Waals surface area contributed by atoms with Crippen LogP contribution >= 0.6 is 0 Å². The number of urea groups is 1. The minimum absolute atomic E-state index is 0.0552. The first-order valence-electron chi connectivity index (χ1n) is 7.42. The van der Waals surface area contributed by atoms with E-state index in [0.29, 0.717) is 13.0 Å². The number of aliphatic carboxylic acids is 1. The summed E-state index contributed by atoms with van der Waals surface area (Å²) in [5.41, 5.74) is 0. The van der Waals surface area contributed by atoms with Gasteiger partial charge in [-0.1, -0.05) is 0 Å². The molecule has 0 aromatic heterocycles. The minimum atomic E-state index is -0.788. The van der Waals surface area contributed by atoms with Crippen LogP contribution in [0.15, 0.2) is 0 Å². The fourth-order valence-electron chi connectivity index (χ4n) is 3.12. The molecule has 0 aromatic carbocycles. The van der Waals surface area contributed by atoms with Crippen molar-refractivity contribution in [3.8, 4) is 0 Å². The number of rotatable bonds is 4. The Balaban J connectivity index is 1.93. The molecular formula is C14H24N2O4. The quantitative estimate of drug-likeness (QED) is 0.850. The van der Waals surface area contributed by atoms with Gasteiger partial charge in [0.15, 0.2) is 0 Å². The van der Waals surface area contributed by atoms with Gasteiger partial charge in [0.1, 0.15) is 0 Å². The number of likely N-dealkylation sites (tertiary alicyclic amines) is 2. The maximum Gasteiger partial charge on any atom is 0.320 e. The number of carboxylic acid groups (broad SMARTS) is 1. The standard InChI is InChI=1S/C14H24N2O4/c1-20-12-7-9-15(10-12)14(19)16-8-3-2-4-11(16)5-6-13(17)18/h11-12H,2-10H2,1H3,(H,17,18). The molecule has 6 heteroatoms. The number of amides is 2. The number of ether oxygens (including phenoxy) is 1. The summed E-state index contributed by atoms with van der Waals surface area (Å²) in [5, 5.41) is 8.82. The van der Waals surface area contributed by atoms with Crippen molar-refractivity contribution >= 4 is 12.0 Å². The monoisotopic (exact) mass is 284 g/mol. The average molecular weight is 284 g/mol. The molecule has 6 nitrogen and oxygen atoms in total. The highest BCUT2D eigenvalue weighted by Gasteiger charge is 2.33. The van der Waals surface area contributed by atoms with Crippen LogP contribution in [0.3, 0.4) is 0 Å². The van der Waals surface area contributed by atoms with Crippen LogP contribution < -0.4 is 0 Å². The lowest BCUT2D eigenvalue weighted by Gasteiger charge is -2.38. The third-order valence-corrected chi connectivity index (χ3v) is 4.31. The van der Waals surface area contributed by atoms with Crippen LogP contribution in [0, 0.1) is 0 Å². The van der Waals surface area contributed by atoms with Gasteiger partial charge in [0.25, 0.3) is 0 Å². The van der Waals surface area contributed by atoms with Gasteiger partial charge >= 0.3 is 12.0 Å². The number of methoxy groups -OCH3 is 1. The highest BCUT2D eigenvalue weighted by atomic mass is 16.5. The molecule has 0 spiro atoms. The molecule has 2 amide bonds. The fourth-order valence-corrected chi connectivity index (χ4v) is 3.12. The van der Waals surface area contributed by atoms with Gasteiger partial charge in [0.05, 0.1) is 6.10 Å². The maximum absolute atomic E-state index is 12.6. The van der Waals surface area contributed by atoms with Crippen LogP contribution in [0.25, 0.3) is 0 Å². The van der Waals surface area contributed by atoms with Crippen molar-refractivity contribution in [3.63, 3.8) is 0 Å². The third-order valence-electron chi connectivity index (χ3n) is 4.31. The lowest BCUT2D eigenvalue weighted by Crippen LogP contribution is -2.50. The van der Waals surface area contributed by atoms with Gasteiger partial charge in [-0.2, -0.15) is 0 Å². The van der Waals surface area contributed by atoms with E-state index in [2.05, 4.69) is 0 Å². The molecule has 0 bridgehead atoms. The van der Waals surface area contributed by atoms with Gasteiger partial charge in [0, 0.05) is 39.2 Å². The van der Waals surface area contributed by atoms with Gasteiger partial charge in [-0.3, -0.25) is 4.79 Å². The number of piperidine rings is 1. The van der Waals surface area contributed by atoms with Crippen LogP contribution in [0.1, 0.15) is 38.5 Å². The summed E-state index contributed by atoms with van der Waals surface area (Å²) in [5.74, 6) is -0.788. The highest BCUT2D eigenvalue weighted by molar-refractivity contribution is 5.75. The molecule has 1 N–H and O–H groups in total. The topological polar surface area (TPSA) is 70.1 Å². The average Bonchev–Trinajstić information content (AvgIpc) is 2.93. The van der Waals surface area contributed by atoms with E-state index in [-0.39, 0.29) is 24.6 Å². The van der Waals surface area contributed by atoms with Gasteiger partial charge < -0.3 is 19.6 Å². The van der Waals surface area contributed by atoms with Crippen LogP contribution in [-0.2, 0) is 9.53 Å². The van der Waals surface area contributed by atoms with E-state index in [1.54, 1.807) is 7.11 Å². The second-order valence-electron chi connectivity index (χ2n) is 5.65. The third kappa shape index (κ3) is 3.62. The zero-order chi connectivity index (χ0) is 14.5. The Hall–Kier alpha value is -1.30. The number of carbonyl (C=O) groups is 2. The summed E-state index contributed by atoms with van der Waals surface area (Å²) in [6.45, 7) is 2.13. The highest BCUT2D eigenvalue weighted by Crippen LogP contribution is 2.24. The molecule has 2 atom stereocenters. The van der Waals surface area contributed by atoms with E-state index in [1.165, 1.54) is 0 Å². The molecule has 0 aromatic rings. The number of carbonyl (C=O) groups excluding carboxylic acids is 1. The molecule has 2 rings (SSSR count). The first-order chi connectivity index (χ1) is 9.61. The van der Waals surface area contributed by atoms with Crippen molar-refractivity contribution in [1.29, 1.82) is 0 Å². The Morgan fingerprint density at radius 1 is 1.25 bits per heavy atom. The molecule has 0 saturated carbocycles. The zero-order valence-corrected chi connectivity index (χ0v) is 12.1. The zero-order valence-electron chi connectivity index (χ0n) is 12.1. The number of hydrogen-bond acceptors (Lipinski definition) is 3. The maximum atomic E-state index is 12.6. The second kappa shape index (κ2) is 6.92. The van der Waals surface area contributed by atoms with Gasteiger partial charge in [-0.15, -0.1) is 0 Å². The van der Waals surface area contributed by atoms with Crippen LogP contribution in [-0.4, -0.2) is 65.8 Å². The van der Waals surface area contributed by atoms with E-state index in [9.17, 15) is 9.59 Å². The molecule has 2 aliphatic heterocycles. The van der Waals surface area contributed by atoms with Crippen LogP contribution in [0.4, 0.5) is 4.79 Å². The molecule has 2 heterocycles. The molecule has 114 valence electrons. The number of hydrogen-bond donors (Lipinski definition) is 1. The van der Waals surface area contributed by atoms with Gasteiger partial charge in [-0.25, -0.2) is 4.79 Å². The fraction of sp³-hybridized carbons (Fsp3) is 0.857. The normalized spacial score (nSPS) is 26.9. The Morgan fingerprint density at radius 2 is 2.05 bits per heavy atom. The summed E-state index contributed by atoms with van der Waals surface area (Å²) in [6.07, 6.45) is 4.72. The molecule has 2 saturated heterocycles. The van der Waals surface area contributed by atoms with Gasteiger partial charge in [-0.05, 0) is 32.1 Å². The van der Waals surface area contributed by atoms with Crippen molar-refractivity contribution < 1.29 is 19.4 Å². The molecule has 2 aliphatic rings. The predicted octanol–water partition coefficient (Wildman–Crippen LogP) is 1.55. The van der Waals surface area contributed by atoms with E-state index >= 15 is 0 Å². The minimum Gasteiger partial charge on any atom is -0.481 e. The Labute approximate surface area is 119 Å². The summed E-state index contributed by atoms with van der Waals surface area (Å²) < 4.78 is 5.29. The predicted molar refractivity (Wildman–Crippen MR) is 73.6 cm³/mol. The Morgan fingerprint density at radius 3 is 2.70 bits per heavy atom. The van der Waals surface area contributed by atoms with Gasteiger partial charge in [0.2, 0.25) is 0 Å². The summed E-state index contributed by atoms with van der Waals surface area (Å²) in [4.78, 5) is 27.0. The van der Waals surface area contributed by atoms with Crippen molar-refractivity contribution in [3.05, 3.63) is 0 Å². The Bertz CT molecular complexity index is 361. The smallest absolute Gasteiger partial charge is 0.320 e. The van der Waals surface area contributed by atoms with E-state index < -0.39 is 5.97 Å². The van der Waals surface area contributed by atoms with E-state index in [0.717, 1.165) is 38.8 Å². The van der Waals surface area contributed by atoms with Crippen LogP contribution in [0.2, 0.25) is 0 Å². The first-order valence-corrected chi connectivity index (χ1v) is 7.42. The molecule has 0 aliphatic carbocycles.